The van der Waals surface area contributed by atoms with Crippen molar-refractivity contribution in [3.05, 3.63) is 23.5 Å². The summed E-state index contributed by atoms with van der Waals surface area (Å²) in [7, 11) is 0. The first-order valence-corrected chi connectivity index (χ1v) is 11.1. The lowest BCUT2D eigenvalue weighted by molar-refractivity contribution is -0.676. The summed E-state index contributed by atoms with van der Waals surface area (Å²) >= 11 is 0. The third-order valence-electron chi connectivity index (χ3n) is 4.44. The summed E-state index contributed by atoms with van der Waals surface area (Å²) in [4.78, 5) is 24.8. The van der Waals surface area contributed by atoms with Crippen molar-refractivity contribution >= 4 is 22.9 Å². The highest BCUT2D eigenvalue weighted by molar-refractivity contribution is 6.00. The van der Waals surface area contributed by atoms with Gasteiger partial charge in [0.25, 0.3) is 11.7 Å². The first-order chi connectivity index (χ1) is 14.7. The van der Waals surface area contributed by atoms with Gasteiger partial charge in [0, 0.05) is 18.7 Å². The minimum atomic E-state index is -0.605. The number of carbonyl (C=O) groups is 2. The molecule has 0 bridgehead atoms. The van der Waals surface area contributed by atoms with Crippen LogP contribution in [0.1, 0.15) is 71.6 Å². The molecule has 0 unspecified atom stereocenters. The first kappa shape index (κ1) is 26.4. The third kappa shape index (κ3) is 6.43. The molecule has 0 aliphatic heterocycles. The topological polar surface area (TPSA) is 99.5 Å². The van der Waals surface area contributed by atoms with E-state index in [1.165, 1.54) is 0 Å². The number of aryl methyl sites for hydroxylation is 2. The van der Waals surface area contributed by atoms with Crippen molar-refractivity contribution in [2.24, 2.45) is 5.73 Å². The first-order valence-electron chi connectivity index (χ1n) is 11.1. The average molecular weight is 436 g/mol. The molecule has 31 heavy (non-hydrogen) atoms. The SMILES string of the molecule is CC.CCNC(=O)c1cc2c(cc1OCC(=O)OC(C)(C)C)[n+](CC)c(CN)n2CC. The number of fused-ring (bicyclic) bond motifs is 1. The second-order valence-corrected chi connectivity index (χ2v) is 7.68. The van der Waals surface area contributed by atoms with Gasteiger partial charge in [0.2, 0.25) is 0 Å². The van der Waals surface area contributed by atoms with Crippen LogP contribution in [0.3, 0.4) is 0 Å². The van der Waals surface area contributed by atoms with Crippen LogP contribution in [0.5, 0.6) is 5.75 Å². The Hall–Kier alpha value is -2.61. The second kappa shape index (κ2) is 11.7. The number of rotatable bonds is 8. The van der Waals surface area contributed by atoms with Gasteiger partial charge >= 0.3 is 5.97 Å². The minimum Gasteiger partial charge on any atom is -0.481 e. The Morgan fingerprint density at radius 3 is 2.29 bits per heavy atom. The summed E-state index contributed by atoms with van der Waals surface area (Å²) < 4.78 is 15.2. The van der Waals surface area contributed by atoms with E-state index in [0.29, 0.717) is 24.4 Å². The van der Waals surface area contributed by atoms with Crippen molar-refractivity contribution in [1.29, 1.82) is 0 Å². The van der Waals surface area contributed by atoms with E-state index in [9.17, 15) is 9.59 Å². The van der Waals surface area contributed by atoms with Crippen LogP contribution in [0.15, 0.2) is 12.1 Å². The van der Waals surface area contributed by atoms with Gasteiger partial charge in [-0.05, 0) is 41.5 Å². The maximum atomic E-state index is 12.7. The summed E-state index contributed by atoms with van der Waals surface area (Å²) in [5, 5.41) is 2.80. The molecular weight excluding hydrogens is 396 g/mol. The van der Waals surface area contributed by atoms with Gasteiger partial charge in [0.1, 0.15) is 11.4 Å². The number of imidazole rings is 1. The van der Waals surface area contributed by atoms with Gasteiger partial charge in [0.05, 0.1) is 25.2 Å². The largest absolute Gasteiger partial charge is 0.481 e. The Morgan fingerprint density at radius 1 is 1.16 bits per heavy atom. The van der Waals surface area contributed by atoms with E-state index in [1.807, 2.05) is 34.6 Å². The van der Waals surface area contributed by atoms with Crippen molar-refractivity contribution in [1.82, 2.24) is 9.88 Å². The molecule has 0 fully saturated rings. The van der Waals surface area contributed by atoms with Crippen molar-refractivity contribution in [3.63, 3.8) is 0 Å². The van der Waals surface area contributed by atoms with Gasteiger partial charge in [-0.25, -0.2) is 13.9 Å². The van der Waals surface area contributed by atoms with E-state index in [-0.39, 0.29) is 12.5 Å². The number of nitrogens with one attached hydrogen (secondary N) is 1. The number of ether oxygens (including phenoxy) is 2. The lowest BCUT2D eigenvalue weighted by Gasteiger charge is -2.19. The van der Waals surface area contributed by atoms with Gasteiger partial charge < -0.3 is 20.5 Å². The van der Waals surface area contributed by atoms with Crippen LogP contribution in [0.25, 0.3) is 11.0 Å². The van der Waals surface area contributed by atoms with Crippen LogP contribution in [-0.4, -0.2) is 35.2 Å². The Bertz CT molecular complexity index is 897. The van der Waals surface area contributed by atoms with Crippen molar-refractivity contribution in [3.8, 4) is 5.75 Å². The molecule has 0 saturated carbocycles. The second-order valence-electron chi connectivity index (χ2n) is 7.68. The molecule has 1 aromatic heterocycles. The fourth-order valence-electron chi connectivity index (χ4n) is 3.40. The molecule has 0 saturated heterocycles. The fraction of sp³-hybridized carbons (Fsp3) is 0.609. The molecule has 0 atom stereocenters. The van der Waals surface area contributed by atoms with E-state index >= 15 is 0 Å². The van der Waals surface area contributed by atoms with Crippen LogP contribution in [0.4, 0.5) is 0 Å². The Balaban J connectivity index is 0.00000233. The molecule has 3 N–H and O–H groups in total. The van der Waals surface area contributed by atoms with Gasteiger partial charge in [-0.1, -0.05) is 13.8 Å². The van der Waals surface area contributed by atoms with E-state index in [1.54, 1.807) is 32.9 Å². The molecule has 0 aliphatic carbocycles. The predicted octanol–water partition coefficient (Wildman–Crippen LogP) is 2.92. The molecule has 1 heterocycles. The van der Waals surface area contributed by atoms with Gasteiger partial charge in [-0.3, -0.25) is 4.79 Å². The number of nitrogens with zero attached hydrogens (tertiary/aromatic N) is 2. The smallest absolute Gasteiger partial charge is 0.344 e. The molecule has 0 spiro atoms. The van der Waals surface area contributed by atoms with Gasteiger partial charge in [-0.2, -0.15) is 0 Å². The molecule has 8 nitrogen and oxygen atoms in total. The summed E-state index contributed by atoms with van der Waals surface area (Å²) in [6.45, 7) is 17.3. The van der Waals surface area contributed by atoms with E-state index in [0.717, 1.165) is 29.9 Å². The Morgan fingerprint density at radius 2 is 1.81 bits per heavy atom. The maximum Gasteiger partial charge on any atom is 0.344 e. The number of aromatic nitrogens is 2. The highest BCUT2D eigenvalue weighted by Crippen LogP contribution is 2.27. The number of nitrogens with two attached hydrogens (primary N) is 1. The number of hydrogen-bond acceptors (Lipinski definition) is 5. The molecule has 0 radical (unpaired) electrons. The molecule has 2 aromatic rings. The zero-order valence-electron chi connectivity index (χ0n) is 20.3. The highest BCUT2D eigenvalue weighted by atomic mass is 16.6. The number of benzene rings is 1. The van der Waals surface area contributed by atoms with Gasteiger partial charge in [-0.15, -0.1) is 0 Å². The lowest BCUT2D eigenvalue weighted by Crippen LogP contribution is -2.38. The minimum absolute atomic E-state index is 0.255. The number of amides is 1. The molecule has 174 valence electrons. The summed E-state index contributed by atoms with van der Waals surface area (Å²) in [5.41, 5.74) is 7.57. The lowest BCUT2D eigenvalue weighted by atomic mass is 10.1. The molecule has 0 aliphatic rings. The number of carbonyl (C=O) groups excluding carboxylic acids is 2. The van der Waals surface area contributed by atoms with Crippen LogP contribution < -0.4 is 20.4 Å². The van der Waals surface area contributed by atoms with Gasteiger partial charge in [0.15, 0.2) is 17.6 Å². The van der Waals surface area contributed by atoms with Crippen LogP contribution in [0, 0.1) is 0 Å². The maximum absolute atomic E-state index is 12.7. The predicted molar refractivity (Wildman–Crippen MR) is 122 cm³/mol. The number of hydrogen-bond donors (Lipinski definition) is 2. The highest BCUT2D eigenvalue weighted by Gasteiger charge is 2.27. The zero-order chi connectivity index (χ0) is 23.8. The van der Waals surface area contributed by atoms with Crippen molar-refractivity contribution < 1.29 is 23.6 Å². The number of esters is 1. The monoisotopic (exact) mass is 435 g/mol. The van der Waals surface area contributed by atoms with E-state index in [2.05, 4.69) is 14.5 Å². The molecule has 2 rings (SSSR count). The van der Waals surface area contributed by atoms with E-state index < -0.39 is 11.6 Å². The molecule has 1 aromatic carbocycles. The molecule has 1 amide bonds. The molecular formula is C23H39N4O4+. The summed E-state index contributed by atoms with van der Waals surface area (Å²) in [6, 6.07) is 3.61. The fourth-order valence-corrected chi connectivity index (χ4v) is 3.40. The summed E-state index contributed by atoms with van der Waals surface area (Å²) in [6.07, 6.45) is 0. The quantitative estimate of drug-likeness (QED) is 0.491. The van der Waals surface area contributed by atoms with Crippen LogP contribution >= 0.6 is 0 Å². The normalized spacial score (nSPS) is 11.0. The van der Waals surface area contributed by atoms with Crippen LogP contribution in [-0.2, 0) is 29.2 Å². The van der Waals surface area contributed by atoms with Crippen molar-refractivity contribution in [2.45, 2.75) is 80.6 Å². The Kier molecular flexibility index (Phi) is 9.97. The summed E-state index contributed by atoms with van der Waals surface area (Å²) in [5.74, 6) is 0.566. The molecule has 8 heteroatoms. The third-order valence-corrected chi connectivity index (χ3v) is 4.44. The van der Waals surface area contributed by atoms with Crippen molar-refractivity contribution in [2.75, 3.05) is 13.2 Å². The van der Waals surface area contributed by atoms with Crippen LogP contribution in [0.2, 0.25) is 0 Å². The average Bonchev–Trinajstić information content (AvgIpc) is 3.03. The zero-order valence-corrected chi connectivity index (χ0v) is 20.3. The Labute approximate surface area is 185 Å². The standard InChI is InChI=1S/C21H32N4O4.C2H6/c1-7-23-20(27)14-10-15-16(25(9-3)18(12-22)24(15)8-2)11-17(14)28-13-19(26)29-21(4,5)6;1-2/h10-11H,7-9,12-13,22H2,1-6H3;1-2H3/p+1. The van der Waals surface area contributed by atoms with E-state index in [4.69, 9.17) is 15.2 Å².